The molecule has 0 spiro atoms. The molecule has 0 bridgehead atoms. The number of hydrogen-bond acceptors (Lipinski definition) is 0. The SMILES string of the molecule is C1=C\CCCC\C=C/1.C1=C\CCCC\C=C/1.F[B-](F)(F)F.[Rh+2]. The predicted molar refractivity (Wildman–Crippen MR) is 83.7 cm³/mol. The van der Waals surface area contributed by atoms with E-state index in [1.807, 2.05) is 0 Å². The molecule has 2 aliphatic carbocycles. The van der Waals surface area contributed by atoms with Gasteiger partial charge in [0.1, 0.15) is 0 Å². The number of halogens is 4. The molecule has 6 heteroatoms. The summed E-state index contributed by atoms with van der Waals surface area (Å²) >= 11 is 0. The summed E-state index contributed by atoms with van der Waals surface area (Å²) in [5.41, 5.74) is 0. The Morgan fingerprint density at radius 2 is 0.682 bits per heavy atom. The van der Waals surface area contributed by atoms with Gasteiger partial charge in [0, 0.05) is 0 Å². The normalized spacial score (nSPS) is 23.1. The summed E-state index contributed by atoms with van der Waals surface area (Å²) in [6.45, 7) is 0. The molecule has 0 aliphatic heterocycles. The fraction of sp³-hybridized carbons (Fsp3) is 0.500. The standard InChI is InChI=1S/2C8H12.BF4.Rh/c2*1-2-4-6-8-7-5-3-1;2-1(3,4)5;/h2*1-4H,5-8H2;;/q;;-1;+2/b2*3-1-,4-2-;;. The van der Waals surface area contributed by atoms with Crippen LogP contribution in [0.1, 0.15) is 51.4 Å². The molecule has 0 saturated heterocycles. The number of allylic oxidation sites excluding steroid dienone is 8. The average Bonchev–Trinajstić information content (AvgIpc) is 2.24. The summed E-state index contributed by atoms with van der Waals surface area (Å²) in [4.78, 5) is 0. The summed E-state index contributed by atoms with van der Waals surface area (Å²) in [6.07, 6.45) is 28.0. The minimum Gasteiger partial charge on any atom is -0.418 e. The molecule has 0 N–H and O–H groups in total. The van der Waals surface area contributed by atoms with Crippen molar-refractivity contribution in [1.29, 1.82) is 0 Å². The molecule has 22 heavy (non-hydrogen) atoms. The Balaban J connectivity index is 0. The number of hydrogen-bond donors (Lipinski definition) is 0. The second-order valence-corrected chi connectivity index (χ2v) is 4.78. The quantitative estimate of drug-likeness (QED) is 0.313. The molecule has 0 aromatic carbocycles. The van der Waals surface area contributed by atoms with Crippen LogP contribution in [0.3, 0.4) is 0 Å². The van der Waals surface area contributed by atoms with Crippen molar-refractivity contribution in [3.05, 3.63) is 48.6 Å². The monoisotopic (exact) mass is 406 g/mol. The fourth-order valence-electron chi connectivity index (χ4n) is 1.75. The van der Waals surface area contributed by atoms with Crippen molar-refractivity contribution in [3.63, 3.8) is 0 Å². The third kappa shape index (κ3) is 27.7. The zero-order valence-corrected chi connectivity index (χ0v) is 14.3. The van der Waals surface area contributed by atoms with E-state index in [0.29, 0.717) is 0 Å². The van der Waals surface area contributed by atoms with Crippen molar-refractivity contribution in [3.8, 4) is 0 Å². The van der Waals surface area contributed by atoms with Crippen LogP contribution in [-0.4, -0.2) is 7.25 Å². The van der Waals surface area contributed by atoms with Crippen LogP contribution in [-0.2, 0) is 19.5 Å². The van der Waals surface area contributed by atoms with Gasteiger partial charge in [-0.3, -0.25) is 0 Å². The van der Waals surface area contributed by atoms with E-state index in [4.69, 9.17) is 0 Å². The summed E-state index contributed by atoms with van der Waals surface area (Å²) in [6, 6.07) is 0. The van der Waals surface area contributed by atoms with Gasteiger partial charge >= 0.3 is 26.7 Å². The molecule has 127 valence electrons. The van der Waals surface area contributed by atoms with Crippen LogP contribution in [0.5, 0.6) is 0 Å². The molecule has 0 saturated carbocycles. The molecule has 0 heterocycles. The first kappa shape index (κ1) is 23.6. The Kier molecular flexibility index (Phi) is 18.0. The van der Waals surface area contributed by atoms with Crippen molar-refractivity contribution in [2.45, 2.75) is 51.4 Å². The molecular weight excluding hydrogens is 382 g/mol. The third-order valence-electron chi connectivity index (χ3n) is 2.75. The van der Waals surface area contributed by atoms with Crippen LogP contribution >= 0.6 is 0 Å². The second-order valence-electron chi connectivity index (χ2n) is 4.78. The summed E-state index contributed by atoms with van der Waals surface area (Å²) in [7, 11) is -6.00. The van der Waals surface area contributed by atoms with E-state index in [9.17, 15) is 17.3 Å². The minimum atomic E-state index is -6.00. The Labute approximate surface area is 144 Å². The van der Waals surface area contributed by atoms with Gasteiger partial charge in [0.15, 0.2) is 0 Å². The van der Waals surface area contributed by atoms with Crippen LogP contribution in [0, 0.1) is 0 Å². The molecule has 0 aromatic rings. The van der Waals surface area contributed by atoms with E-state index in [-0.39, 0.29) is 19.5 Å². The van der Waals surface area contributed by atoms with Crippen LogP contribution < -0.4 is 0 Å². The zero-order chi connectivity index (χ0) is 15.8. The van der Waals surface area contributed by atoms with Gasteiger partial charge in [-0.25, -0.2) is 0 Å². The van der Waals surface area contributed by atoms with E-state index in [2.05, 4.69) is 48.6 Å². The first-order valence-corrected chi connectivity index (χ1v) is 7.51. The van der Waals surface area contributed by atoms with Crippen molar-refractivity contribution in [2.24, 2.45) is 0 Å². The van der Waals surface area contributed by atoms with Crippen molar-refractivity contribution >= 4 is 7.25 Å². The molecule has 0 atom stereocenters. The van der Waals surface area contributed by atoms with E-state index < -0.39 is 7.25 Å². The molecule has 0 fully saturated rings. The maximum absolute atomic E-state index is 9.75. The Morgan fingerprint density at radius 3 is 0.864 bits per heavy atom. The van der Waals surface area contributed by atoms with Crippen LogP contribution in [0.2, 0.25) is 0 Å². The molecule has 0 amide bonds. The van der Waals surface area contributed by atoms with Crippen molar-refractivity contribution < 1.29 is 36.7 Å². The molecule has 2 rings (SSSR count). The van der Waals surface area contributed by atoms with E-state index in [0.717, 1.165) is 0 Å². The van der Waals surface area contributed by atoms with Gasteiger partial charge < -0.3 is 17.3 Å². The number of rotatable bonds is 0. The average molecular weight is 406 g/mol. The van der Waals surface area contributed by atoms with Gasteiger partial charge in [-0.2, -0.15) is 0 Å². The molecule has 1 radical (unpaired) electrons. The predicted octanol–water partition coefficient (Wildman–Crippen LogP) is 6.64. The summed E-state index contributed by atoms with van der Waals surface area (Å²) in [5.74, 6) is 0. The topological polar surface area (TPSA) is 0 Å². The Morgan fingerprint density at radius 1 is 0.500 bits per heavy atom. The Bertz CT molecular complexity index is 285. The third-order valence-corrected chi connectivity index (χ3v) is 2.75. The fourth-order valence-corrected chi connectivity index (χ4v) is 1.75. The minimum absolute atomic E-state index is 0. The van der Waals surface area contributed by atoms with E-state index >= 15 is 0 Å². The molecular formula is C16H24BF4Rh+. The van der Waals surface area contributed by atoms with Gasteiger partial charge in [0.05, 0.1) is 0 Å². The maximum Gasteiger partial charge on any atom is 2.00 e. The molecule has 2 aliphatic rings. The first-order valence-electron chi connectivity index (χ1n) is 7.51. The van der Waals surface area contributed by atoms with Crippen LogP contribution in [0.4, 0.5) is 17.3 Å². The van der Waals surface area contributed by atoms with E-state index in [1.54, 1.807) is 0 Å². The van der Waals surface area contributed by atoms with Gasteiger partial charge in [-0.05, 0) is 51.4 Å². The van der Waals surface area contributed by atoms with Crippen molar-refractivity contribution in [1.82, 2.24) is 0 Å². The van der Waals surface area contributed by atoms with Gasteiger partial charge in [0.25, 0.3) is 0 Å². The van der Waals surface area contributed by atoms with Crippen LogP contribution in [0.25, 0.3) is 0 Å². The van der Waals surface area contributed by atoms with Crippen LogP contribution in [0.15, 0.2) is 48.6 Å². The van der Waals surface area contributed by atoms with E-state index in [1.165, 1.54) is 51.4 Å². The maximum atomic E-state index is 9.75. The summed E-state index contributed by atoms with van der Waals surface area (Å²) < 4.78 is 39.0. The van der Waals surface area contributed by atoms with Gasteiger partial charge in [-0.1, -0.05) is 48.6 Å². The summed E-state index contributed by atoms with van der Waals surface area (Å²) in [5, 5.41) is 0. The molecule has 0 nitrogen and oxygen atoms in total. The van der Waals surface area contributed by atoms with Gasteiger partial charge in [-0.15, -0.1) is 0 Å². The molecule has 0 unspecified atom stereocenters. The second kappa shape index (κ2) is 16.7. The van der Waals surface area contributed by atoms with Crippen molar-refractivity contribution in [2.75, 3.05) is 0 Å². The largest absolute Gasteiger partial charge is 2.00 e. The Hall–Kier alpha value is -0.632. The zero-order valence-electron chi connectivity index (χ0n) is 12.7. The van der Waals surface area contributed by atoms with Gasteiger partial charge in [0.2, 0.25) is 0 Å². The molecule has 0 aromatic heterocycles. The first-order chi connectivity index (χ1) is 10.0. The smallest absolute Gasteiger partial charge is 0.418 e.